The number of nitrogens with zero attached hydrogens (tertiary/aromatic N) is 1. The summed E-state index contributed by atoms with van der Waals surface area (Å²) in [6.07, 6.45) is 0.666. The number of carbonyl (C=O) groups is 2. The van der Waals surface area contributed by atoms with Gasteiger partial charge < -0.3 is 5.32 Å². The number of rotatable bonds is 3. The molecule has 7 heteroatoms. The van der Waals surface area contributed by atoms with Crippen molar-refractivity contribution in [3.05, 3.63) is 28.8 Å². The van der Waals surface area contributed by atoms with E-state index in [4.69, 9.17) is 11.6 Å². The van der Waals surface area contributed by atoms with Gasteiger partial charge in [0.1, 0.15) is 17.9 Å². The first-order valence-corrected chi connectivity index (χ1v) is 7.06. The largest absolute Gasteiger partial charge is 0.342 e. The van der Waals surface area contributed by atoms with Gasteiger partial charge in [-0.15, -0.1) is 0 Å². The molecule has 1 saturated heterocycles. The van der Waals surface area contributed by atoms with Gasteiger partial charge in [0.2, 0.25) is 11.8 Å². The first kappa shape index (κ1) is 15.7. The quantitative estimate of drug-likeness (QED) is 0.932. The van der Waals surface area contributed by atoms with Crippen LogP contribution in [0.3, 0.4) is 0 Å². The molecule has 0 spiro atoms. The summed E-state index contributed by atoms with van der Waals surface area (Å²) >= 11 is 5.89. The Balaban J connectivity index is 2.57. The van der Waals surface area contributed by atoms with E-state index in [1.54, 1.807) is 13.8 Å². The number of benzene rings is 1. The molecule has 1 heterocycles. The summed E-state index contributed by atoms with van der Waals surface area (Å²) in [5, 5.41) is 2.36. The Kier molecular flexibility index (Phi) is 4.46. The minimum Gasteiger partial charge on any atom is -0.342 e. The fourth-order valence-electron chi connectivity index (χ4n) is 2.44. The molecule has 21 heavy (non-hydrogen) atoms. The van der Waals surface area contributed by atoms with E-state index in [-0.39, 0.29) is 16.6 Å². The van der Waals surface area contributed by atoms with Gasteiger partial charge in [0, 0.05) is 6.07 Å². The molecular weight excluding hydrogens is 302 g/mol. The molecule has 1 aliphatic heterocycles. The predicted octanol–water partition coefficient (Wildman–Crippen LogP) is 2.64. The van der Waals surface area contributed by atoms with Crippen molar-refractivity contribution in [3.8, 4) is 0 Å². The Labute approximate surface area is 126 Å². The van der Waals surface area contributed by atoms with Gasteiger partial charge in [0.25, 0.3) is 0 Å². The summed E-state index contributed by atoms with van der Waals surface area (Å²) in [4.78, 5) is 25.6. The van der Waals surface area contributed by atoms with Gasteiger partial charge in [-0.1, -0.05) is 25.4 Å². The van der Waals surface area contributed by atoms with Crippen LogP contribution in [0.2, 0.25) is 5.02 Å². The Morgan fingerprint density at radius 1 is 1.24 bits per heavy atom. The van der Waals surface area contributed by atoms with Crippen LogP contribution in [-0.4, -0.2) is 23.9 Å². The van der Waals surface area contributed by atoms with Crippen molar-refractivity contribution in [3.63, 3.8) is 0 Å². The second-order valence-electron chi connectivity index (χ2n) is 4.82. The number of amides is 2. The topological polar surface area (TPSA) is 49.4 Å². The third kappa shape index (κ3) is 2.72. The first-order valence-electron chi connectivity index (χ1n) is 6.68. The molecule has 2 atom stereocenters. The van der Waals surface area contributed by atoms with Crippen molar-refractivity contribution in [2.45, 2.75) is 38.8 Å². The average molecular weight is 317 g/mol. The van der Waals surface area contributed by atoms with Gasteiger partial charge in [-0.25, -0.2) is 8.78 Å². The van der Waals surface area contributed by atoms with Gasteiger partial charge in [-0.3, -0.25) is 14.5 Å². The molecule has 1 fully saturated rings. The second kappa shape index (κ2) is 5.97. The molecule has 2 amide bonds. The summed E-state index contributed by atoms with van der Waals surface area (Å²) in [5.41, 5.74) is -0.247. The maximum Gasteiger partial charge on any atom is 0.250 e. The van der Waals surface area contributed by atoms with E-state index < -0.39 is 29.6 Å². The molecule has 1 aromatic rings. The number of hydrogen-bond acceptors (Lipinski definition) is 2. The van der Waals surface area contributed by atoms with Crippen LogP contribution in [-0.2, 0) is 9.59 Å². The van der Waals surface area contributed by atoms with E-state index >= 15 is 0 Å². The number of carbonyl (C=O) groups excluding carboxylic acids is 2. The minimum atomic E-state index is -0.962. The molecule has 0 saturated carbocycles. The summed E-state index contributed by atoms with van der Waals surface area (Å²) < 4.78 is 27.3. The lowest BCUT2D eigenvalue weighted by molar-refractivity contribution is -0.134. The van der Waals surface area contributed by atoms with E-state index in [0.29, 0.717) is 18.9 Å². The van der Waals surface area contributed by atoms with Crippen molar-refractivity contribution < 1.29 is 18.4 Å². The molecule has 114 valence electrons. The van der Waals surface area contributed by atoms with Crippen LogP contribution in [0, 0.1) is 11.6 Å². The van der Waals surface area contributed by atoms with Gasteiger partial charge >= 0.3 is 0 Å². The zero-order valence-electron chi connectivity index (χ0n) is 11.6. The monoisotopic (exact) mass is 316 g/mol. The molecule has 4 nitrogen and oxygen atoms in total. The van der Waals surface area contributed by atoms with Crippen LogP contribution in [0.25, 0.3) is 0 Å². The maximum atomic E-state index is 14.1. The molecule has 1 aliphatic rings. The van der Waals surface area contributed by atoms with E-state index in [2.05, 4.69) is 5.32 Å². The summed E-state index contributed by atoms with van der Waals surface area (Å²) in [7, 11) is 0. The highest BCUT2D eigenvalue weighted by atomic mass is 35.5. The lowest BCUT2D eigenvalue weighted by Gasteiger charge is -2.38. The van der Waals surface area contributed by atoms with E-state index in [1.165, 1.54) is 0 Å². The fraction of sp³-hybridized carbons (Fsp3) is 0.429. The highest BCUT2D eigenvalue weighted by Crippen LogP contribution is 2.34. The van der Waals surface area contributed by atoms with Crippen LogP contribution in [0.1, 0.15) is 26.7 Å². The van der Waals surface area contributed by atoms with Gasteiger partial charge in [0.05, 0.1) is 10.7 Å². The Hall–Kier alpha value is -1.69. The predicted molar refractivity (Wildman–Crippen MR) is 75.2 cm³/mol. The maximum absolute atomic E-state index is 14.1. The Morgan fingerprint density at radius 2 is 1.90 bits per heavy atom. The second-order valence-corrected chi connectivity index (χ2v) is 5.23. The van der Waals surface area contributed by atoms with Crippen molar-refractivity contribution in [1.29, 1.82) is 0 Å². The molecule has 2 unspecified atom stereocenters. The highest BCUT2D eigenvalue weighted by Gasteiger charge is 2.41. The first-order chi connectivity index (χ1) is 9.90. The fourth-order valence-corrected chi connectivity index (χ4v) is 2.73. The molecule has 2 rings (SSSR count). The smallest absolute Gasteiger partial charge is 0.250 e. The standard InChI is InChI=1S/C14H15ClF2N2O2/c1-3-10-14(21)19(11(4-2)13(20)18-10)12-8(15)5-7(16)6-9(12)17/h5-6,10-11H,3-4H2,1-2H3,(H,18,20). The van der Waals surface area contributed by atoms with Gasteiger partial charge in [-0.05, 0) is 18.9 Å². The third-order valence-electron chi connectivity index (χ3n) is 3.48. The average Bonchev–Trinajstić information content (AvgIpc) is 2.41. The van der Waals surface area contributed by atoms with Crippen LogP contribution in [0.15, 0.2) is 12.1 Å². The van der Waals surface area contributed by atoms with Gasteiger partial charge in [0.15, 0.2) is 5.82 Å². The van der Waals surface area contributed by atoms with Crippen LogP contribution < -0.4 is 10.2 Å². The molecule has 1 N–H and O–H groups in total. The SMILES string of the molecule is CCC1NC(=O)C(CC)N(c2c(F)cc(F)cc2Cl)C1=O. The van der Waals surface area contributed by atoms with E-state index in [9.17, 15) is 18.4 Å². The van der Waals surface area contributed by atoms with Crippen molar-refractivity contribution in [2.75, 3.05) is 4.90 Å². The van der Waals surface area contributed by atoms with E-state index in [1.807, 2.05) is 0 Å². The molecular formula is C14H15ClF2N2O2. The number of halogens is 3. The molecule has 0 bridgehead atoms. The highest BCUT2D eigenvalue weighted by molar-refractivity contribution is 6.34. The molecule has 1 aromatic carbocycles. The molecule has 0 aliphatic carbocycles. The Bertz CT molecular complexity index is 571. The van der Waals surface area contributed by atoms with Crippen molar-refractivity contribution in [2.24, 2.45) is 0 Å². The van der Waals surface area contributed by atoms with Crippen molar-refractivity contribution >= 4 is 29.1 Å². The number of anilines is 1. The summed E-state index contributed by atoms with van der Waals surface area (Å²) in [6.45, 7) is 3.43. The molecule has 0 radical (unpaired) electrons. The number of hydrogen-bond donors (Lipinski definition) is 1. The third-order valence-corrected chi connectivity index (χ3v) is 3.77. The minimum absolute atomic E-state index is 0.233. The normalized spacial score (nSPS) is 22.4. The van der Waals surface area contributed by atoms with Crippen LogP contribution in [0.4, 0.5) is 14.5 Å². The summed E-state index contributed by atoms with van der Waals surface area (Å²) in [5.74, 6) is -2.62. The number of piperazine rings is 1. The van der Waals surface area contributed by atoms with E-state index in [0.717, 1.165) is 11.0 Å². The lowest BCUT2D eigenvalue weighted by Crippen LogP contribution is -2.63. The molecule has 0 aromatic heterocycles. The number of nitrogens with one attached hydrogen (secondary N) is 1. The van der Waals surface area contributed by atoms with Crippen LogP contribution in [0.5, 0.6) is 0 Å². The summed E-state index contributed by atoms with van der Waals surface area (Å²) in [6, 6.07) is -0.0270. The zero-order chi connectivity index (χ0) is 15.7. The Morgan fingerprint density at radius 3 is 2.43 bits per heavy atom. The lowest BCUT2D eigenvalue weighted by atomic mass is 10.0. The van der Waals surface area contributed by atoms with Crippen molar-refractivity contribution in [1.82, 2.24) is 5.32 Å². The van der Waals surface area contributed by atoms with Crippen LogP contribution >= 0.6 is 11.6 Å². The van der Waals surface area contributed by atoms with Gasteiger partial charge in [-0.2, -0.15) is 0 Å². The zero-order valence-corrected chi connectivity index (χ0v) is 12.4.